The van der Waals surface area contributed by atoms with Crippen LogP contribution in [0.4, 0.5) is 0 Å². The molecular weight excluding hydrogens is 849 g/mol. The number of benzene rings is 11. The van der Waals surface area contributed by atoms with Gasteiger partial charge in [-0.15, -0.1) is 0 Å². The first kappa shape index (κ1) is 38.7. The van der Waals surface area contributed by atoms with E-state index in [2.05, 4.69) is 273 Å². The minimum atomic E-state index is 1.12. The van der Waals surface area contributed by atoms with E-state index >= 15 is 0 Å². The van der Waals surface area contributed by atoms with Gasteiger partial charge in [0.05, 0.1) is 44.1 Å². The van der Waals surface area contributed by atoms with E-state index in [1.165, 1.54) is 87.3 Å². The van der Waals surface area contributed by atoms with Crippen molar-refractivity contribution in [3.05, 3.63) is 255 Å². The monoisotopic (exact) mass is 890 g/mol. The van der Waals surface area contributed by atoms with Crippen molar-refractivity contribution >= 4 is 87.2 Å². The van der Waals surface area contributed by atoms with Crippen molar-refractivity contribution in [2.45, 2.75) is 0 Å². The molecule has 0 saturated heterocycles. The van der Waals surface area contributed by atoms with Gasteiger partial charge in [0.2, 0.25) is 0 Å². The molecule has 4 heterocycles. The molecule has 15 rings (SSSR count). The lowest BCUT2D eigenvalue weighted by Gasteiger charge is -2.19. The highest BCUT2D eigenvalue weighted by molar-refractivity contribution is 6.34. The Morgan fingerprint density at radius 1 is 0.200 bits per heavy atom. The van der Waals surface area contributed by atoms with Crippen LogP contribution in [0.1, 0.15) is 0 Å². The van der Waals surface area contributed by atoms with Gasteiger partial charge in [0, 0.05) is 77.0 Å². The zero-order chi connectivity index (χ0) is 45.9. The molecule has 0 radical (unpaired) electrons. The molecule has 0 bridgehead atoms. The Bertz CT molecular complexity index is 4260. The number of hydrogen-bond acceptors (Lipinski definition) is 0. The third kappa shape index (κ3) is 5.47. The quantitative estimate of drug-likeness (QED) is 0.158. The van der Waals surface area contributed by atoms with Gasteiger partial charge < -0.3 is 18.3 Å². The highest BCUT2D eigenvalue weighted by Gasteiger charge is 2.30. The fourth-order valence-corrected chi connectivity index (χ4v) is 11.9. The van der Waals surface area contributed by atoms with Crippen molar-refractivity contribution in [2.24, 2.45) is 0 Å². The van der Waals surface area contributed by atoms with Crippen LogP contribution in [0.5, 0.6) is 0 Å². The number of fused-ring (bicyclic) bond motifs is 13. The Balaban J connectivity index is 1.21. The van der Waals surface area contributed by atoms with Crippen LogP contribution < -0.4 is 0 Å². The summed E-state index contributed by atoms with van der Waals surface area (Å²) in [6, 6.07) is 93.7. The number of aromatic nitrogens is 4. The summed E-state index contributed by atoms with van der Waals surface area (Å²) in [5.74, 6) is 0. The van der Waals surface area contributed by atoms with Gasteiger partial charge in [-0.25, -0.2) is 0 Å². The molecular formula is C66H42N4. The second kappa shape index (κ2) is 15.1. The molecule has 0 unspecified atom stereocenters. The molecule has 4 nitrogen and oxygen atoms in total. The molecule has 4 aromatic heterocycles. The summed E-state index contributed by atoms with van der Waals surface area (Å²) < 4.78 is 9.94. The third-order valence-corrected chi connectivity index (χ3v) is 14.7. The van der Waals surface area contributed by atoms with Crippen LogP contribution >= 0.6 is 0 Å². The van der Waals surface area contributed by atoms with Gasteiger partial charge >= 0.3 is 0 Å². The van der Waals surface area contributed by atoms with Crippen LogP contribution in [0.2, 0.25) is 0 Å². The van der Waals surface area contributed by atoms with Crippen molar-refractivity contribution in [1.29, 1.82) is 0 Å². The SMILES string of the molecule is c1ccc(-n2c3ccccc3c3ccc(-c4c(-c5ccc6c7ccccc7n(-c7ccccc7)c6c5)c5c6ccccc6n(-c6ccccc6)c5c5c4c4ccccc4n5-c4ccccc4)cc32)cc1. The minimum Gasteiger partial charge on any atom is -0.309 e. The van der Waals surface area contributed by atoms with Crippen LogP contribution in [0.15, 0.2) is 255 Å². The lowest BCUT2D eigenvalue weighted by atomic mass is 9.86. The maximum atomic E-state index is 2.52. The Labute approximate surface area is 403 Å². The van der Waals surface area contributed by atoms with E-state index in [-0.39, 0.29) is 0 Å². The van der Waals surface area contributed by atoms with Crippen molar-refractivity contribution in [3.8, 4) is 45.0 Å². The first-order valence-corrected chi connectivity index (χ1v) is 24.1. The average molecular weight is 891 g/mol. The highest BCUT2D eigenvalue weighted by atomic mass is 15.0. The molecule has 0 atom stereocenters. The van der Waals surface area contributed by atoms with Crippen LogP contribution in [-0.2, 0) is 0 Å². The maximum absolute atomic E-state index is 2.52. The molecule has 0 N–H and O–H groups in total. The van der Waals surface area contributed by atoms with E-state index in [9.17, 15) is 0 Å². The minimum absolute atomic E-state index is 1.12. The second-order valence-electron chi connectivity index (χ2n) is 18.4. The zero-order valence-electron chi connectivity index (χ0n) is 38.0. The van der Waals surface area contributed by atoms with Crippen LogP contribution in [0.3, 0.4) is 0 Å². The summed E-state index contributed by atoms with van der Waals surface area (Å²) in [5.41, 5.74) is 18.6. The lowest BCUT2D eigenvalue weighted by Crippen LogP contribution is -2.00. The maximum Gasteiger partial charge on any atom is 0.0795 e. The van der Waals surface area contributed by atoms with Gasteiger partial charge in [-0.2, -0.15) is 0 Å². The molecule has 0 spiro atoms. The van der Waals surface area contributed by atoms with Gasteiger partial charge in [0.25, 0.3) is 0 Å². The molecule has 0 saturated carbocycles. The van der Waals surface area contributed by atoms with Gasteiger partial charge in [-0.05, 0) is 96.1 Å². The number of para-hydroxylation sites is 8. The largest absolute Gasteiger partial charge is 0.309 e. The summed E-state index contributed by atoms with van der Waals surface area (Å²) in [6.45, 7) is 0. The third-order valence-electron chi connectivity index (χ3n) is 14.7. The molecule has 4 heteroatoms. The molecule has 0 aliphatic carbocycles. The highest BCUT2D eigenvalue weighted by Crippen LogP contribution is 2.53. The predicted molar refractivity (Wildman–Crippen MR) is 295 cm³/mol. The fourth-order valence-electron chi connectivity index (χ4n) is 11.9. The number of hydrogen-bond donors (Lipinski definition) is 0. The molecule has 11 aromatic carbocycles. The van der Waals surface area contributed by atoms with Crippen LogP contribution in [0, 0.1) is 0 Å². The summed E-state index contributed by atoms with van der Waals surface area (Å²) in [6.07, 6.45) is 0. The molecule has 70 heavy (non-hydrogen) atoms. The van der Waals surface area contributed by atoms with E-state index in [0.717, 1.165) is 44.9 Å². The van der Waals surface area contributed by atoms with Crippen molar-refractivity contribution in [2.75, 3.05) is 0 Å². The predicted octanol–water partition coefficient (Wildman–Crippen LogP) is 17.4. The molecule has 0 amide bonds. The fraction of sp³-hybridized carbons (Fsp3) is 0. The Morgan fingerprint density at radius 3 is 0.829 bits per heavy atom. The smallest absolute Gasteiger partial charge is 0.0795 e. The van der Waals surface area contributed by atoms with Gasteiger partial charge in [-0.1, -0.05) is 170 Å². The van der Waals surface area contributed by atoms with E-state index < -0.39 is 0 Å². The van der Waals surface area contributed by atoms with E-state index in [0.29, 0.717) is 0 Å². The Kier molecular flexibility index (Phi) is 8.33. The summed E-state index contributed by atoms with van der Waals surface area (Å²) in [5, 5.41) is 9.76. The summed E-state index contributed by atoms with van der Waals surface area (Å²) in [4.78, 5) is 0. The van der Waals surface area contributed by atoms with Crippen LogP contribution in [0.25, 0.3) is 132 Å². The van der Waals surface area contributed by atoms with E-state index in [1.54, 1.807) is 0 Å². The molecule has 0 aliphatic heterocycles. The second-order valence-corrected chi connectivity index (χ2v) is 18.4. The van der Waals surface area contributed by atoms with Crippen molar-refractivity contribution < 1.29 is 0 Å². The van der Waals surface area contributed by atoms with Gasteiger partial charge in [0.15, 0.2) is 0 Å². The molecule has 0 fully saturated rings. The average Bonchev–Trinajstić information content (AvgIpc) is 4.17. The van der Waals surface area contributed by atoms with Crippen molar-refractivity contribution in [1.82, 2.24) is 18.3 Å². The molecule has 15 aromatic rings. The summed E-state index contributed by atoms with van der Waals surface area (Å²) in [7, 11) is 0. The van der Waals surface area contributed by atoms with Gasteiger partial charge in [-0.3, -0.25) is 0 Å². The normalized spacial score (nSPS) is 12.0. The topological polar surface area (TPSA) is 19.7 Å². The molecule has 0 aliphatic rings. The van der Waals surface area contributed by atoms with E-state index in [1.807, 2.05) is 0 Å². The standard InChI is InChI=1S/C66H42N4/c1-5-21-45(22-6-1)67-55-33-17-13-29-49(55)51-39-37-43(41-59(51)67)61-62(44-38-40-52-50-30-14-18-34-56(50)68(60(52)42-44)46-23-7-2-8-24-46)64-54-32-16-20-36-58(54)70(48-27-11-4-12-28-48)66(64)65-63(61)53-31-15-19-35-57(53)69(65)47-25-9-3-10-26-47/h1-42H. The zero-order valence-corrected chi connectivity index (χ0v) is 38.0. The first-order chi connectivity index (χ1) is 34.8. The Hall–Kier alpha value is -9.38. The molecule has 326 valence electrons. The van der Waals surface area contributed by atoms with Crippen molar-refractivity contribution in [3.63, 3.8) is 0 Å². The first-order valence-electron chi connectivity index (χ1n) is 24.1. The van der Waals surface area contributed by atoms with Gasteiger partial charge in [0.1, 0.15) is 0 Å². The number of nitrogens with zero attached hydrogens (tertiary/aromatic N) is 4. The Morgan fingerprint density at radius 2 is 0.471 bits per heavy atom. The van der Waals surface area contributed by atoms with E-state index in [4.69, 9.17) is 0 Å². The lowest BCUT2D eigenvalue weighted by molar-refractivity contribution is 1.15. The van der Waals surface area contributed by atoms with Crippen LogP contribution in [-0.4, -0.2) is 18.3 Å². The summed E-state index contributed by atoms with van der Waals surface area (Å²) >= 11 is 0. The number of rotatable bonds is 6.